The van der Waals surface area contributed by atoms with Crippen LogP contribution in [0.4, 0.5) is 17.2 Å². The second-order valence-corrected chi connectivity index (χ2v) is 6.33. The largest absolute Gasteiger partial charge is 0.385 e. The highest BCUT2D eigenvalue weighted by molar-refractivity contribution is 6.04. The molecule has 2 aromatic rings. The van der Waals surface area contributed by atoms with Crippen molar-refractivity contribution < 1.29 is 9.53 Å². The maximum atomic E-state index is 12.5. The van der Waals surface area contributed by atoms with Crippen molar-refractivity contribution in [2.24, 2.45) is 0 Å². The van der Waals surface area contributed by atoms with E-state index in [1.807, 2.05) is 25.1 Å². The molecule has 1 aromatic carbocycles. The molecule has 27 heavy (non-hydrogen) atoms. The molecule has 1 amide bonds. The Labute approximate surface area is 161 Å². The quantitative estimate of drug-likeness (QED) is 0.620. The minimum absolute atomic E-state index is 0.160. The third-order valence-corrected chi connectivity index (χ3v) is 4.44. The molecular formula is C21H30N4O2. The summed E-state index contributed by atoms with van der Waals surface area (Å²) in [6.45, 7) is 9.69. The van der Waals surface area contributed by atoms with E-state index in [0.29, 0.717) is 12.2 Å². The van der Waals surface area contributed by atoms with Crippen LogP contribution in [0.5, 0.6) is 0 Å². The number of methoxy groups -OCH3 is 1. The summed E-state index contributed by atoms with van der Waals surface area (Å²) in [6, 6.07) is 9.70. The molecule has 1 aromatic heterocycles. The zero-order chi connectivity index (χ0) is 19.6. The van der Waals surface area contributed by atoms with E-state index in [9.17, 15) is 4.79 Å². The van der Waals surface area contributed by atoms with Gasteiger partial charge in [0.15, 0.2) is 0 Å². The highest BCUT2D eigenvalue weighted by Gasteiger charge is 2.10. The van der Waals surface area contributed by atoms with Crippen molar-refractivity contribution in [3.05, 3.63) is 47.7 Å². The monoisotopic (exact) mass is 370 g/mol. The highest BCUT2D eigenvalue weighted by atomic mass is 16.5. The number of nitrogens with zero attached hydrogens (tertiary/aromatic N) is 2. The molecule has 0 bridgehead atoms. The zero-order valence-electron chi connectivity index (χ0n) is 16.7. The number of pyridine rings is 1. The number of amides is 1. The molecule has 0 unspecified atom stereocenters. The lowest BCUT2D eigenvalue weighted by Crippen LogP contribution is -2.22. The number of hydrogen-bond donors (Lipinski definition) is 2. The summed E-state index contributed by atoms with van der Waals surface area (Å²) in [5.41, 5.74) is 3.56. The molecule has 0 fully saturated rings. The fraction of sp³-hybridized carbons (Fsp3) is 0.429. The third-order valence-electron chi connectivity index (χ3n) is 4.44. The van der Waals surface area contributed by atoms with Crippen molar-refractivity contribution >= 4 is 23.1 Å². The molecule has 0 aliphatic rings. The van der Waals surface area contributed by atoms with Crippen molar-refractivity contribution in [2.75, 3.05) is 48.9 Å². The smallest absolute Gasteiger partial charge is 0.257 e. The van der Waals surface area contributed by atoms with Crippen molar-refractivity contribution in [2.45, 2.75) is 27.2 Å². The summed E-state index contributed by atoms with van der Waals surface area (Å²) in [6.07, 6.45) is 2.50. The molecule has 2 N–H and O–H groups in total. The number of aryl methyl sites for hydroxylation is 1. The summed E-state index contributed by atoms with van der Waals surface area (Å²) >= 11 is 0. The number of carbonyl (C=O) groups excluding carboxylic acids is 1. The number of anilines is 3. The van der Waals surface area contributed by atoms with Crippen LogP contribution in [-0.4, -0.2) is 44.2 Å². The fourth-order valence-corrected chi connectivity index (χ4v) is 2.83. The van der Waals surface area contributed by atoms with E-state index in [0.717, 1.165) is 43.1 Å². The first kappa shape index (κ1) is 20.7. The zero-order valence-corrected chi connectivity index (χ0v) is 16.7. The Balaban J connectivity index is 1.98. The molecule has 6 heteroatoms. The van der Waals surface area contributed by atoms with Gasteiger partial charge >= 0.3 is 0 Å². The SMILES string of the molecule is CCN(CC)c1ccc(NC(=O)c2ccc(NCCCOC)nc2)c(C)c1. The first-order chi connectivity index (χ1) is 13.1. The van der Waals surface area contributed by atoms with E-state index in [4.69, 9.17) is 4.74 Å². The van der Waals surface area contributed by atoms with Gasteiger partial charge in [-0.2, -0.15) is 0 Å². The lowest BCUT2D eigenvalue weighted by atomic mass is 10.1. The number of carbonyl (C=O) groups is 1. The molecule has 0 radical (unpaired) electrons. The topological polar surface area (TPSA) is 66.5 Å². The van der Waals surface area contributed by atoms with E-state index >= 15 is 0 Å². The van der Waals surface area contributed by atoms with E-state index in [1.54, 1.807) is 19.4 Å². The van der Waals surface area contributed by atoms with Gasteiger partial charge in [0.1, 0.15) is 5.82 Å². The predicted octanol–water partition coefficient (Wildman–Crippen LogP) is 3.94. The van der Waals surface area contributed by atoms with Gasteiger partial charge in [0.2, 0.25) is 0 Å². The first-order valence-corrected chi connectivity index (χ1v) is 9.44. The van der Waals surface area contributed by atoms with E-state index in [-0.39, 0.29) is 5.91 Å². The average molecular weight is 370 g/mol. The highest BCUT2D eigenvalue weighted by Crippen LogP contribution is 2.23. The van der Waals surface area contributed by atoms with Gasteiger partial charge in [0, 0.05) is 50.9 Å². The van der Waals surface area contributed by atoms with Crippen molar-refractivity contribution in [1.82, 2.24) is 4.98 Å². The van der Waals surface area contributed by atoms with Gasteiger partial charge in [-0.1, -0.05) is 0 Å². The lowest BCUT2D eigenvalue weighted by molar-refractivity contribution is 0.102. The number of nitrogens with one attached hydrogen (secondary N) is 2. The molecule has 0 saturated heterocycles. The first-order valence-electron chi connectivity index (χ1n) is 9.44. The van der Waals surface area contributed by atoms with Crippen LogP contribution in [0.2, 0.25) is 0 Å². The second kappa shape index (κ2) is 10.5. The normalized spacial score (nSPS) is 10.5. The molecular weight excluding hydrogens is 340 g/mol. The maximum absolute atomic E-state index is 12.5. The number of benzene rings is 1. The Hall–Kier alpha value is -2.60. The number of hydrogen-bond acceptors (Lipinski definition) is 5. The summed E-state index contributed by atoms with van der Waals surface area (Å²) in [5, 5.41) is 6.18. The standard InChI is InChI=1S/C21H30N4O2/c1-5-25(6-2)18-9-10-19(16(3)14-18)24-21(26)17-8-11-20(23-15-17)22-12-7-13-27-4/h8-11,14-15H,5-7,12-13H2,1-4H3,(H,22,23)(H,24,26). The van der Waals surface area contributed by atoms with Crippen LogP contribution in [0.3, 0.4) is 0 Å². The van der Waals surface area contributed by atoms with E-state index in [2.05, 4.69) is 40.4 Å². The van der Waals surface area contributed by atoms with E-state index in [1.165, 1.54) is 5.69 Å². The van der Waals surface area contributed by atoms with Gasteiger partial charge in [-0.15, -0.1) is 0 Å². The molecule has 0 aliphatic carbocycles. The second-order valence-electron chi connectivity index (χ2n) is 6.33. The molecule has 0 spiro atoms. The molecule has 6 nitrogen and oxygen atoms in total. The van der Waals surface area contributed by atoms with Crippen molar-refractivity contribution in [3.8, 4) is 0 Å². The van der Waals surface area contributed by atoms with Crippen LogP contribution < -0.4 is 15.5 Å². The molecule has 0 aliphatic heterocycles. The molecule has 1 heterocycles. The van der Waals surface area contributed by atoms with Crippen molar-refractivity contribution in [3.63, 3.8) is 0 Å². The Kier molecular flexibility index (Phi) is 8.07. The van der Waals surface area contributed by atoms with Crippen LogP contribution in [0, 0.1) is 6.92 Å². The van der Waals surface area contributed by atoms with Gasteiger partial charge in [0.25, 0.3) is 5.91 Å². The van der Waals surface area contributed by atoms with Gasteiger partial charge in [-0.3, -0.25) is 4.79 Å². The minimum atomic E-state index is -0.160. The lowest BCUT2D eigenvalue weighted by Gasteiger charge is -2.22. The van der Waals surface area contributed by atoms with Crippen LogP contribution >= 0.6 is 0 Å². The number of aromatic nitrogens is 1. The van der Waals surface area contributed by atoms with Gasteiger partial charge in [-0.05, 0) is 63.1 Å². The molecule has 0 saturated carbocycles. The Morgan fingerprint density at radius 3 is 2.56 bits per heavy atom. The van der Waals surface area contributed by atoms with Crippen LogP contribution in [0.25, 0.3) is 0 Å². The van der Waals surface area contributed by atoms with Gasteiger partial charge in [0.05, 0.1) is 5.56 Å². The Bertz CT molecular complexity index is 727. The molecule has 0 atom stereocenters. The number of ether oxygens (including phenoxy) is 1. The molecule has 2 rings (SSSR count). The summed E-state index contributed by atoms with van der Waals surface area (Å²) < 4.78 is 5.01. The number of rotatable bonds is 10. The van der Waals surface area contributed by atoms with Gasteiger partial charge < -0.3 is 20.3 Å². The Morgan fingerprint density at radius 2 is 1.96 bits per heavy atom. The van der Waals surface area contributed by atoms with Crippen molar-refractivity contribution in [1.29, 1.82) is 0 Å². The van der Waals surface area contributed by atoms with Crippen LogP contribution in [0.1, 0.15) is 36.2 Å². The van der Waals surface area contributed by atoms with E-state index < -0.39 is 0 Å². The summed E-state index contributed by atoms with van der Waals surface area (Å²) in [5.74, 6) is 0.592. The predicted molar refractivity (Wildman–Crippen MR) is 112 cm³/mol. The Morgan fingerprint density at radius 1 is 1.19 bits per heavy atom. The fourth-order valence-electron chi connectivity index (χ4n) is 2.83. The third kappa shape index (κ3) is 5.96. The maximum Gasteiger partial charge on any atom is 0.257 e. The average Bonchev–Trinajstić information content (AvgIpc) is 2.68. The molecule has 146 valence electrons. The van der Waals surface area contributed by atoms with Crippen LogP contribution in [0.15, 0.2) is 36.5 Å². The van der Waals surface area contributed by atoms with Gasteiger partial charge in [-0.25, -0.2) is 4.98 Å². The minimum Gasteiger partial charge on any atom is -0.385 e. The summed E-state index contributed by atoms with van der Waals surface area (Å²) in [7, 11) is 1.69. The summed E-state index contributed by atoms with van der Waals surface area (Å²) in [4.78, 5) is 19.1. The van der Waals surface area contributed by atoms with Crippen LogP contribution in [-0.2, 0) is 4.74 Å².